The fourth-order valence-electron chi connectivity index (χ4n) is 1.73. The average molecular weight is 194 g/mol. The van der Waals surface area contributed by atoms with E-state index in [1.54, 1.807) is 0 Å². The van der Waals surface area contributed by atoms with Crippen LogP contribution in [0.25, 0.3) is 0 Å². The summed E-state index contributed by atoms with van der Waals surface area (Å²) in [5.74, 6) is 1.59. The number of nitrogens with one attached hydrogen (secondary N) is 1. The van der Waals surface area contributed by atoms with Gasteiger partial charge in [-0.3, -0.25) is 0 Å². The topological polar surface area (TPSA) is 38.1 Å². The summed E-state index contributed by atoms with van der Waals surface area (Å²) in [6.45, 7) is 1.05. The summed E-state index contributed by atoms with van der Waals surface area (Å²) in [6.07, 6.45) is 7.84. The van der Waals surface area contributed by atoms with E-state index in [0.29, 0.717) is 5.92 Å². The molecule has 0 bridgehead atoms. The van der Waals surface area contributed by atoms with Crippen LogP contribution in [0.5, 0.6) is 0 Å². The van der Waals surface area contributed by atoms with E-state index in [1.165, 1.54) is 19.3 Å². The average Bonchev–Trinajstić information content (AvgIpc) is 2.51. The van der Waals surface area contributed by atoms with Crippen molar-refractivity contribution in [3.63, 3.8) is 0 Å². The van der Waals surface area contributed by atoms with Gasteiger partial charge in [-0.25, -0.2) is 4.98 Å². The fourth-order valence-corrected chi connectivity index (χ4v) is 1.73. The molecular weight excluding hydrogens is 176 g/mol. The second kappa shape index (κ2) is 4.60. The van der Waals surface area contributed by atoms with Crippen molar-refractivity contribution in [2.45, 2.75) is 38.0 Å². The third-order valence-corrected chi connectivity index (χ3v) is 2.88. The minimum atomic E-state index is 0.619. The van der Waals surface area contributed by atoms with Crippen LogP contribution in [-0.2, 0) is 6.42 Å². The molecule has 3 nitrogen and oxygen atoms in total. The van der Waals surface area contributed by atoms with Gasteiger partial charge in [-0.2, -0.15) is 0 Å². The first kappa shape index (κ1) is 9.71. The molecule has 0 aromatic carbocycles. The molecule has 1 fully saturated rings. The first-order chi connectivity index (χ1) is 6.90. The highest BCUT2D eigenvalue weighted by atomic mass is 16.3. The molecule has 0 atom stereocenters. The Morgan fingerprint density at radius 1 is 1.57 bits per heavy atom. The lowest BCUT2D eigenvalue weighted by atomic mass is 9.85. The second-order valence-corrected chi connectivity index (χ2v) is 4.01. The zero-order valence-corrected chi connectivity index (χ0v) is 8.75. The summed E-state index contributed by atoms with van der Waals surface area (Å²) < 4.78 is 5.47. The van der Waals surface area contributed by atoms with Crippen molar-refractivity contribution in [1.29, 1.82) is 0 Å². The Kier molecular flexibility index (Phi) is 3.19. The molecular formula is C11H18N2O. The summed E-state index contributed by atoms with van der Waals surface area (Å²) >= 11 is 0. The minimum Gasteiger partial charge on any atom is -0.448 e. The molecule has 1 saturated carbocycles. The number of rotatable bonds is 5. The molecule has 2 rings (SSSR count). The van der Waals surface area contributed by atoms with E-state index in [0.717, 1.165) is 31.0 Å². The lowest BCUT2D eigenvalue weighted by Gasteiger charge is -2.21. The molecule has 0 unspecified atom stereocenters. The number of hydrogen-bond donors (Lipinski definition) is 1. The SMILES string of the molecule is CNCCCc1coc(C2CCC2)n1. The Labute approximate surface area is 84.9 Å². The number of aromatic nitrogens is 1. The van der Waals surface area contributed by atoms with Crippen molar-refractivity contribution in [3.05, 3.63) is 17.8 Å². The Hall–Kier alpha value is -0.830. The Morgan fingerprint density at radius 2 is 2.43 bits per heavy atom. The second-order valence-electron chi connectivity index (χ2n) is 4.01. The molecule has 0 spiro atoms. The van der Waals surface area contributed by atoms with E-state index < -0.39 is 0 Å². The van der Waals surface area contributed by atoms with Crippen molar-refractivity contribution in [2.75, 3.05) is 13.6 Å². The third-order valence-electron chi connectivity index (χ3n) is 2.88. The highest BCUT2D eigenvalue weighted by Gasteiger charge is 2.23. The van der Waals surface area contributed by atoms with Gasteiger partial charge in [-0.05, 0) is 39.3 Å². The smallest absolute Gasteiger partial charge is 0.197 e. The van der Waals surface area contributed by atoms with E-state index >= 15 is 0 Å². The maximum absolute atomic E-state index is 5.47. The largest absolute Gasteiger partial charge is 0.448 e. The minimum absolute atomic E-state index is 0.619. The van der Waals surface area contributed by atoms with E-state index in [-0.39, 0.29) is 0 Å². The molecule has 3 heteroatoms. The molecule has 0 saturated heterocycles. The van der Waals surface area contributed by atoms with Crippen LogP contribution in [0.15, 0.2) is 10.7 Å². The van der Waals surface area contributed by atoms with Gasteiger partial charge in [0.25, 0.3) is 0 Å². The van der Waals surface area contributed by atoms with Crippen LogP contribution >= 0.6 is 0 Å². The van der Waals surface area contributed by atoms with Crippen molar-refractivity contribution in [2.24, 2.45) is 0 Å². The Balaban J connectivity index is 1.83. The van der Waals surface area contributed by atoms with Gasteiger partial charge in [-0.1, -0.05) is 6.42 Å². The lowest BCUT2D eigenvalue weighted by Crippen LogP contribution is -2.10. The molecule has 0 amide bonds. The van der Waals surface area contributed by atoms with Gasteiger partial charge in [0.1, 0.15) is 6.26 Å². The Bertz CT molecular complexity index is 279. The van der Waals surface area contributed by atoms with Gasteiger partial charge in [0.2, 0.25) is 0 Å². The summed E-state index contributed by atoms with van der Waals surface area (Å²) in [6, 6.07) is 0. The fraction of sp³-hybridized carbons (Fsp3) is 0.727. The standard InChI is InChI=1S/C11H18N2O/c1-12-7-3-6-10-8-14-11(13-10)9-4-2-5-9/h8-9,12H,2-7H2,1H3. The quantitative estimate of drug-likeness (QED) is 0.729. The van der Waals surface area contributed by atoms with Gasteiger partial charge in [0.05, 0.1) is 5.69 Å². The highest BCUT2D eigenvalue weighted by Crippen LogP contribution is 2.35. The first-order valence-corrected chi connectivity index (χ1v) is 5.49. The summed E-state index contributed by atoms with van der Waals surface area (Å²) in [4.78, 5) is 4.51. The van der Waals surface area contributed by atoms with Gasteiger partial charge in [0, 0.05) is 5.92 Å². The van der Waals surface area contributed by atoms with Crippen molar-refractivity contribution >= 4 is 0 Å². The van der Waals surface area contributed by atoms with Gasteiger partial charge >= 0.3 is 0 Å². The summed E-state index contributed by atoms with van der Waals surface area (Å²) in [5.41, 5.74) is 1.11. The molecule has 1 N–H and O–H groups in total. The maximum Gasteiger partial charge on any atom is 0.197 e. The normalized spacial score (nSPS) is 16.9. The molecule has 0 radical (unpaired) electrons. The lowest BCUT2D eigenvalue weighted by molar-refractivity contribution is 0.335. The number of oxazole rings is 1. The van der Waals surface area contributed by atoms with E-state index in [2.05, 4.69) is 10.3 Å². The van der Waals surface area contributed by atoms with Crippen LogP contribution in [0.1, 0.15) is 43.2 Å². The molecule has 78 valence electrons. The van der Waals surface area contributed by atoms with Crippen molar-refractivity contribution < 1.29 is 4.42 Å². The van der Waals surface area contributed by atoms with Crippen LogP contribution in [0, 0.1) is 0 Å². The molecule has 1 aliphatic carbocycles. The molecule has 14 heavy (non-hydrogen) atoms. The monoisotopic (exact) mass is 194 g/mol. The van der Waals surface area contributed by atoms with Crippen LogP contribution < -0.4 is 5.32 Å². The van der Waals surface area contributed by atoms with Crippen molar-refractivity contribution in [3.8, 4) is 0 Å². The Morgan fingerprint density at radius 3 is 3.07 bits per heavy atom. The van der Waals surface area contributed by atoms with Gasteiger partial charge < -0.3 is 9.73 Å². The maximum atomic E-state index is 5.47. The first-order valence-electron chi connectivity index (χ1n) is 5.49. The third kappa shape index (κ3) is 2.15. The van der Waals surface area contributed by atoms with Crippen LogP contribution in [-0.4, -0.2) is 18.6 Å². The van der Waals surface area contributed by atoms with E-state index in [1.807, 2.05) is 13.3 Å². The van der Waals surface area contributed by atoms with Crippen LogP contribution in [0.2, 0.25) is 0 Å². The zero-order valence-electron chi connectivity index (χ0n) is 8.75. The van der Waals surface area contributed by atoms with Gasteiger partial charge in [0.15, 0.2) is 5.89 Å². The van der Waals surface area contributed by atoms with Gasteiger partial charge in [-0.15, -0.1) is 0 Å². The summed E-state index contributed by atoms with van der Waals surface area (Å²) in [5, 5.41) is 3.13. The summed E-state index contributed by atoms with van der Waals surface area (Å²) in [7, 11) is 1.97. The predicted molar refractivity (Wildman–Crippen MR) is 55.3 cm³/mol. The van der Waals surface area contributed by atoms with E-state index in [4.69, 9.17) is 4.42 Å². The number of nitrogens with zero attached hydrogens (tertiary/aromatic N) is 1. The number of hydrogen-bond acceptors (Lipinski definition) is 3. The predicted octanol–water partition coefficient (Wildman–Crippen LogP) is 2.09. The number of aryl methyl sites for hydroxylation is 1. The molecule has 1 aromatic rings. The van der Waals surface area contributed by atoms with Crippen LogP contribution in [0.4, 0.5) is 0 Å². The molecule has 1 aliphatic rings. The molecule has 0 aliphatic heterocycles. The molecule has 1 heterocycles. The van der Waals surface area contributed by atoms with Crippen LogP contribution in [0.3, 0.4) is 0 Å². The molecule has 1 aromatic heterocycles. The zero-order chi connectivity index (χ0) is 9.80. The van der Waals surface area contributed by atoms with Crippen molar-refractivity contribution in [1.82, 2.24) is 10.3 Å². The van der Waals surface area contributed by atoms with E-state index in [9.17, 15) is 0 Å². The highest BCUT2D eigenvalue weighted by molar-refractivity contribution is 5.03.